The molecule has 216 valence electrons. The van der Waals surface area contributed by atoms with Crippen molar-refractivity contribution in [2.45, 2.75) is 38.5 Å². The van der Waals surface area contributed by atoms with Crippen molar-refractivity contribution in [3.8, 4) is 5.75 Å². The lowest BCUT2D eigenvalue weighted by molar-refractivity contribution is -0.274. The van der Waals surface area contributed by atoms with Crippen LogP contribution >= 0.6 is 0 Å². The van der Waals surface area contributed by atoms with Gasteiger partial charge >= 0.3 is 18.6 Å². The van der Waals surface area contributed by atoms with Crippen molar-refractivity contribution < 1.29 is 40.7 Å². The smallest absolute Gasteiger partial charge is 0.406 e. The summed E-state index contributed by atoms with van der Waals surface area (Å²) in [6.45, 7) is 2.34. The lowest BCUT2D eigenvalue weighted by atomic mass is 9.92. The minimum absolute atomic E-state index is 0.0412. The van der Waals surface area contributed by atoms with Gasteiger partial charge in [0.25, 0.3) is 5.82 Å². The van der Waals surface area contributed by atoms with E-state index in [9.17, 15) is 35.9 Å². The standard InChI is InChI=1S/C25H26F6N6O3/c26-24(27,28)22-32-20-15-35(11-12-37(20)33-22)23(39)36-13-17-7-9-34(10-8-18(17)14-36)21(38)6-3-16-1-4-19(5-2-16)40-25(29,30)31/h1-6,17-18H,7-15H2/b6-3+/t17-,18+. The molecule has 0 bridgehead atoms. The zero-order chi connectivity index (χ0) is 28.7. The third-order valence-corrected chi connectivity index (χ3v) is 7.42. The summed E-state index contributed by atoms with van der Waals surface area (Å²) in [5.41, 5.74) is 0.550. The van der Waals surface area contributed by atoms with Crippen LogP contribution in [0.5, 0.6) is 5.75 Å². The maximum Gasteiger partial charge on any atom is 0.573 e. The summed E-state index contributed by atoms with van der Waals surface area (Å²) in [4.78, 5) is 34.4. The highest BCUT2D eigenvalue weighted by molar-refractivity contribution is 5.91. The molecule has 3 amide bonds. The zero-order valence-corrected chi connectivity index (χ0v) is 21.2. The Morgan fingerprint density at radius 3 is 2.12 bits per heavy atom. The van der Waals surface area contributed by atoms with Gasteiger partial charge in [-0.05, 0) is 48.4 Å². The summed E-state index contributed by atoms with van der Waals surface area (Å²) in [7, 11) is 0. The van der Waals surface area contributed by atoms with Gasteiger partial charge in [-0.2, -0.15) is 13.2 Å². The van der Waals surface area contributed by atoms with Crippen LogP contribution in [0, 0.1) is 11.8 Å². The average molecular weight is 573 g/mol. The molecule has 0 unspecified atom stereocenters. The Bertz CT molecular complexity index is 1260. The van der Waals surface area contributed by atoms with Gasteiger partial charge in [-0.1, -0.05) is 12.1 Å². The number of halogens is 6. The monoisotopic (exact) mass is 572 g/mol. The predicted octanol–water partition coefficient (Wildman–Crippen LogP) is 4.01. The van der Waals surface area contributed by atoms with Crippen LogP contribution < -0.4 is 4.74 Å². The van der Waals surface area contributed by atoms with Gasteiger partial charge in [0.2, 0.25) is 5.91 Å². The number of alkyl halides is 6. The number of nitrogens with zero attached hydrogens (tertiary/aromatic N) is 6. The van der Waals surface area contributed by atoms with Crippen molar-refractivity contribution in [3.05, 3.63) is 47.6 Å². The van der Waals surface area contributed by atoms with E-state index in [-0.39, 0.29) is 55.0 Å². The molecule has 9 nitrogen and oxygen atoms in total. The molecule has 1 aromatic carbocycles. The fraction of sp³-hybridized carbons (Fsp3) is 0.520. The highest BCUT2D eigenvalue weighted by Crippen LogP contribution is 2.33. The Labute approximate surface area is 225 Å². The molecule has 2 atom stereocenters. The van der Waals surface area contributed by atoms with Gasteiger partial charge in [0.1, 0.15) is 11.6 Å². The fourth-order valence-corrected chi connectivity index (χ4v) is 5.40. The lowest BCUT2D eigenvalue weighted by Gasteiger charge is -2.31. The highest BCUT2D eigenvalue weighted by Gasteiger charge is 2.41. The maximum absolute atomic E-state index is 13.2. The minimum atomic E-state index is -4.78. The lowest BCUT2D eigenvalue weighted by Crippen LogP contribution is -2.46. The summed E-state index contributed by atoms with van der Waals surface area (Å²) in [6.07, 6.45) is -5.11. The third kappa shape index (κ3) is 6.33. The van der Waals surface area contributed by atoms with E-state index in [0.717, 1.165) is 0 Å². The van der Waals surface area contributed by atoms with Gasteiger partial charge in [-0.25, -0.2) is 14.5 Å². The number of hydrogen-bond donors (Lipinski definition) is 0. The number of fused-ring (bicyclic) bond motifs is 2. The van der Waals surface area contributed by atoms with Crippen molar-refractivity contribution in [2.75, 3.05) is 32.7 Å². The summed E-state index contributed by atoms with van der Waals surface area (Å²) < 4.78 is 80.8. The van der Waals surface area contributed by atoms with Crippen molar-refractivity contribution >= 4 is 18.0 Å². The van der Waals surface area contributed by atoms with E-state index in [1.807, 2.05) is 0 Å². The number of rotatable bonds is 3. The van der Waals surface area contributed by atoms with E-state index < -0.39 is 18.4 Å². The zero-order valence-electron chi connectivity index (χ0n) is 21.2. The van der Waals surface area contributed by atoms with Gasteiger partial charge in [0.05, 0.1) is 13.1 Å². The molecule has 4 heterocycles. The number of carbonyl (C=O) groups excluding carboxylic acids is 2. The molecule has 1 aromatic heterocycles. The fourth-order valence-electron chi connectivity index (χ4n) is 5.40. The molecule has 0 aliphatic carbocycles. The van der Waals surface area contributed by atoms with E-state index in [0.29, 0.717) is 44.6 Å². The Morgan fingerprint density at radius 2 is 1.52 bits per heavy atom. The Kier molecular flexibility index (Phi) is 7.40. The number of hydrogen-bond acceptors (Lipinski definition) is 5. The van der Waals surface area contributed by atoms with E-state index in [1.54, 1.807) is 9.80 Å². The number of aromatic nitrogens is 3. The number of carbonyl (C=O) groups is 2. The van der Waals surface area contributed by atoms with Crippen LogP contribution in [-0.2, 0) is 24.1 Å². The largest absolute Gasteiger partial charge is 0.573 e. The van der Waals surface area contributed by atoms with Gasteiger partial charge < -0.3 is 19.4 Å². The first kappa shape index (κ1) is 27.8. The Balaban J connectivity index is 1.12. The maximum atomic E-state index is 13.2. The molecule has 40 heavy (non-hydrogen) atoms. The first-order chi connectivity index (χ1) is 18.9. The number of amides is 3. The summed E-state index contributed by atoms with van der Waals surface area (Å²) in [6, 6.07) is 4.95. The van der Waals surface area contributed by atoms with Crippen LogP contribution in [0.4, 0.5) is 31.1 Å². The molecule has 15 heteroatoms. The predicted molar refractivity (Wildman–Crippen MR) is 127 cm³/mol. The van der Waals surface area contributed by atoms with Crippen LogP contribution in [0.15, 0.2) is 30.3 Å². The third-order valence-electron chi connectivity index (χ3n) is 7.42. The van der Waals surface area contributed by atoms with Crippen molar-refractivity contribution in [3.63, 3.8) is 0 Å². The molecule has 2 saturated heterocycles. The van der Waals surface area contributed by atoms with Crippen molar-refractivity contribution in [1.82, 2.24) is 29.5 Å². The summed E-state index contributed by atoms with van der Waals surface area (Å²) in [5, 5.41) is 3.50. The van der Waals surface area contributed by atoms with E-state index in [4.69, 9.17) is 0 Å². The second-order valence-electron chi connectivity index (χ2n) is 10.1. The molecule has 3 aliphatic rings. The van der Waals surface area contributed by atoms with E-state index in [2.05, 4.69) is 14.8 Å². The Hall–Kier alpha value is -3.78. The molecule has 0 spiro atoms. The van der Waals surface area contributed by atoms with Gasteiger partial charge in [-0.15, -0.1) is 18.3 Å². The Morgan fingerprint density at radius 1 is 0.875 bits per heavy atom. The van der Waals surface area contributed by atoms with Crippen molar-refractivity contribution in [1.29, 1.82) is 0 Å². The normalized spacial score (nSPS) is 21.8. The van der Waals surface area contributed by atoms with E-state index >= 15 is 0 Å². The molecule has 0 saturated carbocycles. The number of likely N-dealkylation sites (tertiary alicyclic amines) is 2. The highest BCUT2D eigenvalue weighted by atomic mass is 19.4. The molecule has 2 fully saturated rings. The number of ether oxygens (including phenoxy) is 1. The van der Waals surface area contributed by atoms with Crippen LogP contribution in [0.3, 0.4) is 0 Å². The minimum Gasteiger partial charge on any atom is -0.406 e. The topological polar surface area (TPSA) is 83.8 Å². The average Bonchev–Trinajstić information content (AvgIpc) is 3.46. The molecule has 0 radical (unpaired) electrons. The summed E-state index contributed by atoms with van der Waals surface area (Å²) >= 11 is 0. The molecule has 0 N–H and O–H groups in total. The van der Waals surface area contributed by atoms with E-state index in [1.165, 1.54) is 46.0 Å². The second-order valence-corrected chi connectivity index (χ2v) is 10.1. The number of urea groups is 1. The van der Waals surface area contributed by atoms with Gasteiger partial charge in [0, 0.05) is 38.8 Å². The molecular weight excluding hydrogens is 546 g/mol. The molecular formula is C25H26F6N6O3. The molecule has 3 aliphatic heterocycles. The quantitative estimate of drug-likeness (QED) is 0.410. The van der Waals surface area contributed by atoms with Crippen LogP contribution in [0.2, 0.25) is 0 Å². The molecule has 5 rings (SSSR count). The first-order valence-corrected chi connectivity index (χ1v) is 12.7. The van der Waals surface area contributed by atoms with Crippen LogP contribution in [0.25, 0.3) is 6.08 Å². The van der Waals surface area contributed by atoms with Crippen molar-refractivity contribution in [2.24, 2.45) is 11.8 Å². The second kappa shape index (κ2) is 10.7. The van der Waals surface area contributed by atoms with Gasteiger partial charge in [0.15, 0.2) is 0 Å². The summed E-state index contributed by atoms with van der Waals surface area (Å²) in [5.74, 6) is -1.27. The van der Waals surface area contributed by atoms with Gasteiger partial charge in [-0.3, -0.25) is 4.79 Å². The first-order valence-electron chi connectivity index (χ1n) is 12.7. The SMILES string of the molecule is O=C(/C=C/c1ccc(OC(F)(F)F)cc1)N1CC[C@@H]2CN(C(=O)N3CCn4nc(C(F)(F)F)nc4C3)C[C@@H]2CC1. The van der Waals surface area contributed by atoms with Crippen LogP contribution in [0.1, 0.15) is 30.1 Å². The molecule has 2 aromatic rings. The van der Waals surface area contributed by atoms with Crippen LogP contribution in [-0.4, -0.2) is 80.5 Å². The number of benzene rings is 1.